The Labute approximate surface area is 162 Å². The highest BCUT2D eigenvalue weighted by Crippen LogP contribution is 2.26. The predicted octanol–water partition coefficient (Wildman–Crippen LogP) is 4.28. The molecule has 27 heavy (non-hydrogen) atoms. The first-order valence-corrected chi connectivity index (χ1v) is 9.91. The summed E-state index contributed by atoms with van der Waals surface area (Å²) in [5.41, 5.74) is 0. The molecule has 1 N–H and O–H groups in total. The Morgan fingerprint density at radius 1 is 0.926 bits per heavy atom. The van der Waals surface area contributed by atoms with Gasteiger partial charge in [0.05, 0.1) is 26.4 Å². The van der Waals surface area contributed by atoms with Crippen molar-refractivity contribution in [3.63, 3.8) is 0 Å². The molecular formula is C21H34O6. The quantitative estimate of drug-likeness (QED) is 0.320. The highest BCUT2D eigenvalue weighted by atomic mass is 16.7. The van der Waals surface area contributed by atoms with E-state index in [9.17, 15) is 9.90 Å². The second-order valence-corrected chi connectivity index (χ2v) is 6.30. The molecule has 0 aliphatic rings. The summed E-state index contributed by atoms with van der Waals surface area (Å²) in [6, 6.07) is 8.93. The van der Waals surface area contributed by atoms with Crippen LogP contribution in [0.3, 0.4) is 0 Å². The average molecular weight is 382 g/mol. The maximum absolute atomic E-state index is 12.0. The Morgan fingerprint density at radius 2 is 1.59 bits per heavy atom. The molecule has 0 saturated carbocycles. The van der Waals surface area contributed by atoms with Crippen LogP contribution in [0.5, 0.6) is 5.75 Å². The van der Waals surface area contributed by atoms with Gasteiger partial charge < -0.3 is 24.1 Å². The third-order valence-corrected chi connectivity index (χ3v) is 4.10. The lowest BCUT2D eigenvalue weighted by atomic mass is 10.1. The molecule has 0 bridgehead atoms. The zero-order chi connectivity index (χ0) is 19.8. The summed E-state index contributed by atoms with van der Waals surface area (Å²) in [5, 5.41) is 9.85. The second kappa shape index (κ2) is 14.4. The molecule has 0 saturated heterocycles. The fourth-order valence-corrected chi connectivity index (χ4v) is 2.63. The topological polar surface area (TPSA) is 74.2 Å². The summed E-state index contributed by atoms with van der Waals surface area (Å²) in [4.78, 5) is 12.0. The van der Waals surface area contributed by atoms with Gasteiger partial charge in [-0.2, -0.15) is 0 Å². The van der Waals surface area contributed by atoms with Gasteiger partial charge in [0.2, 0.25) is 0 Å². The van der Waals surface area contributed by atoms with Crippen LogP contribution in [0.15, 0.2) is 30.3 Å². The van der Waals surface area contributed by atoms with E-state index in [2.05, 4.69) is 6.92 Å². The number of unbranched alkanes of at least 4 members (excludes halogenated alkanes) is 4. The Morgan fingerprint density at radius 3 is 2.26 bits per heavy atom. The molecule has 0 amide bonds. The van der Waals surface area contributed by atoms with Crippen LogP contribution in [-0.4, -0.2) is 49.9 Å². The highest BCUT2D eigenvalue weighted by Gasteiger charge is 2.42. The van der Waals surface area contributed by atoms with Crippen molar-refractivity contribution in [2.75, 3.05) is 33.0 Å². The summed E-state index contributed by atoms with van der Waals surface area (Å²) < 4.78 is 22.2. The number of rotatable bonds is 17. The fraction of sp³-hybridized carbons (Fsp3) is 0.667. The smallest absolute Gasteiger partial charge is 0.377 e. The van der Waals surface area contributed by atoms with Crippen molar-refractivity contribution < 1.29 is 28.8 Å². The van der Waals surface area contributed by atoms with Crippen LogP contribution in [0, 0.1) is 0 Å². The molecular weight excluding hydrogens is 348 g/mol. The molecule has 1 rings (SSSR count). The van der Waals surface area contributed by atoms with Gasteiger partial charge in [-0.3, -0.25) is 0 Å². The van der Waals surface area contributed by atoms with E-state index in [0.29, 0.717) is 32.0 Å². The minimum absolute atomic E-state index is 0.139. The average Bonchev–Trinajstić information content (AvgIpc) is 2.67. The van der Waals surface area contributed by atoms with E-state index in [0.717, 1.165) is 32.1 Å². The molecule has 1 aromatic rings. The molecule has 1 aromatic carbocycles. The summed E-state index contributed by atoms with van der Waals surface area (Å²) in [6.07, 6.45) is 5.34. The number of hydrogen-bond acceptors (Lipinski definition) is 5. The number of carboxylic acid groups (broad SMARTS) is 1. The molecule has 0 aliphatic carbocycles. The van der Waals surface area contributed by atoms with Gasteiger partial charge in [-0.15, -0.1) is 0 Å². The van der Waals surface area contributed by atoms with Gasteiger partial charge in [-0.25, -0.2) is 4.79 Å². The molecule has 6 heteroatoms. The van der Waals surface area contributed by atoms with Gasteiger partial charge in [-0.1, -0.05) is 50.8 Å². The molecule has 0 radical (unpaired) electrons. The zero-order valence-corrected chi connectivity index (χ0v) is 16.7. The molecule has 0 heterocycles. The molecule has 0 aliphatic heterocycles. The molecule has 154 valence electrons. The summed E-state index contributed by atoms with van der Waals surface area (Å²) in [7, 11) is 0. The Balaban J connectivity index is 2.62. The Bertz CT molecular complexity index is 493. The third kappa shape index (κ3) is 9.75. The summed E-state index contributed by atoms with van der Waals surface area (Å²) in [5.74, 6) is -2.33. The fourth-order valence-electron chi connectivity index (χ4n) is 2.63. The minimum Gasteiger partial charge on any atom is -0.476 e. The maximum atomic E-state index is 12.0. The van der Waals surface area contributed by atoms with E-state index in [1.807, 2.05) is 13.0 Å². The number of hydrogen-bond donors (Lipinski definition) is 1. The lowest BCUT2D eigenvalue weighted by Gasteiger charge is -2.30. The van der Waals surface area contributed by atoms with Crippen molar-refractivity contribution in [3.05, 3.63) is 30.3 Å². The molecule has 1 atom stereocenters. The Kier molecular flexibility index (Phi) is 12.5. The van der Waals surface area contributed by atoms with Crippen LogP contribution >= 0.6 is 0 Å². The Hall–Kier alpha value is -1.63. The first-order valence-electron chi connectivity index (χ1n) is 9.91. The molecule has 6 nitrogen and oxygen atoms in total. The van der Waals surface area contributed by atoms with Crippen molar-refractivity contribution in [2.45, 2.75) is 58.2 Å². The van der Waals surface area contributed by atoms with Crippen LogP contribution in [0.2, 0.25) is 0 Å². The van der Waals surface area contributed by atoms with E-state index in [1.54, 1.807) is 24.3 Å². The summed E-state index contributed by atoms with van der Waals surface area (Å²) >= 11 is 0. The monoisotopic (exact) mass is 382 g/mol. The van der Waals surface area contributed by atoms with Crippen molar-refractivity contribution >= 4 is 5.97 Å². The first kappa shape index (κ1) is 23.4. The molecule has 0 spiro atoms. The second-order valence-electron chi connectivity index (χ2n) is 6.30. The normalized spacial score (nSPS) is 13.3. The van der Waals surface area contributed by atoms with Gasteiger partial charge in [0, 0.05) is 13.0 Å². The van der Waals surface area contributed by atoms with Crippen LogP contribution in [0.25, 0.3) is 0 Å². The van der Waals surface area contributed by atoms with Gasteiger partial charge in [0.25, 0.3) is 0 Å². The predicted molar refractivity (Wildman–Crippen MR) is 104 cm³/mol. The zero-order valence-electron chi connectivity index (χ0n) is 16.7. The van der Waals surface area contributed by atoms with E-state index in [1.165, 1.54) is 0 Å². The highest BCUT2D eigenvalue weighted by molar-refractivity contribution is 5.76. The lowest BCUT2D eigenvalue weighted by Crippen LogP contribution is -2.48. The van der Waals surface area contributed by atoms with Crippen LogP contribution in [0.4, 0.5) is 0 Å². The minimum atomic E-state index is -1.70. The number of carboxylic acids is 1. The van der Waals surface area contributed by atoms with E-state index >= 15 is 0 Å². The van der Waals surface area contributed by atoms with E-state index in [4.69, 9.17) is 18.9 Å². The number of carbonyl (C=O) groups is 1. The van der Waals surface area contributed by atoms with Gasteiger partial charge in [0.15, 0.2) is 0 Å². The van der Waals surface area contributed by atoms with Crippen molar-refractivity contribution in [1.29, 1.82) is 0 Å². The van der Waals surface area contributed by atoms with E-state index in [-0.39, 0.29) is 13.2 Å². The largest absolute Gasteiger partial charge is 0.476 e. The number of ether oxygens (including phenoxy) is 4. The van der Waals surface area contributed by atoms with Gasteiger partial charge in [0.1, 0.15) is 5.75 Å². The summed E-state index contributed by atoms with van der Waals surface area (Å²) in [6.45, 7) is 6.11. The van der Waals surface area contributed by atoms with Crippen LogP contribution in [-0.2, 0) is 19.0 Å². The lowest BCUT2D eigenvalue weighted by molar-refractivity contribution is -0.218. The van der Waals surface area contributed by atoms with Crippen molar-refractivity contribution in [1.82, 2.24) is 0 Å². The van der Waals surface area contributed by atoms with Gasteiger partial charge >= 0.3 is 11.8 Å². The molecule has 0 fully saturated rings. The van der Waals surface area contributed by atoms with Crippen molar-refractivity contribution in [3.8, 4) is 5.75 Å². The SMILES string of the molecule is CCCCCCCC(OCCOCCOCC)(Oc1ccccc1)C(=O)O. The maximum Gasteiger partial charge on any atom is 0.377 e. The third-order valence-electron chi connectivity index (χ3n) is 4.10. The molecule has 0 aromatic heterocycles. The van der Waals surface area contributed by atoms with Gasteiger partial charge in [-0.05, 0) is 25.5 Å². The van der Waals surface area contributed by atoms with Crippen molar-refractivity contribution in [2.24, 2.45) is 0 Å². The number of para-hydroxylation sites is 1. The van der Waals surface area contributed by atoms with E-state index < -0.39 is 11.8 Å². The first-order chi connectivity index (χ1) is 13.1. The van der Waals surface area contributed by atoms with Crippen LogP contribution in [0.1, 0.15) is 52.4 Å². The number of aliphatic carboxylic acids is 1. The molecule has 1 unspecified atom stereocenters. The van der Waals surface area contributed by atoms with Crippen LogP contribution < -0.4 is 4.74 Å². The standard InChI is InChI=1S/C21H34O6/c1-3-5-6-7-11-14-21(20(22)23,27-19-12-9-8-10-13-19)26-18-17-25-16-15-24-4-2/h8-10,12-13H,3-7,11,14-18H2,1-2H3,(H,22,23). The number of benzene rings is 1.